The van der Waals surface area contributed by atoms with Gasteiger partial charge in [0.05, 0.1) is 6.61 Å². The molecule has 0 aromatic heterocycles. The maximum Gasteiger partial charge on any atom is 0.320 e. The van der Waals surface area contributed by atoms with E-state index >= 15 is 0 Å². The largest absolute Gasteiger partial charge is 0.493 e. The molecule has 0 radical (unpaired) electrons. The SMILES string of the molecule is CC(C(=O)O)N(C)CC1CCOc2ccccc21. The van der Waals surface area contributed by atoms with Crippen LogP contribution in [-0.2, 0) is 4.79 Å². The number of nitrogens with zero attached hydrogens (tertiary/aromatic N) is 1. The van der Waals surface area contributed by atoms with E-state index in [0.717, 1.165) is 18.7 Å². The van der Waals surface area contributed by atoms with Gasteiger partial charge < -0.3 is 9.84 Å². The van der Waals surface area contributed by atoms with E-state index in [1.165, 1.54) is 5.56 Å². The van der Waals surface area contributed by atoms with Gasteiger partial charge in [0, 0.05) is 12.5 Å². The van der Waals surface area contributed by atoms with Gasteiger partial charge in [-0.2, -0.15) is 0 Å². The van der Waals surface area contributed by atoms with Gasteiger partial charge in [0.15, 0.2) is 0 Å². The van der Waals surface area contributed by atoms with Crippen molar-refractivity contribution in [2.24, 2.45) is 0 Å². The van der Waals surface area contributed by atoms with E-state index in [4.69, 9.17) is 9.84 Å². The van der Waals surface area contributed by atoms with Crippen molar-refractivity contribution in [3.63, 3.8) is 0 Å². The lowest BCUT2D eigenvalue weighted by atomic mass is 9.92. The number of hydrogen-bond acceptors (Lipinski definition) is 3. The van der Waals surface area contributed by atoms with Crippen molar-refractivity contribution in [2.75, 3.05) is 20.2 Å². The Balaban J connectivity index is 2.09. The molecule has 0 saturated carbocycles. The van der Waals surface area contributed by atoms with E-state index in [1.807, 2.05) is 30.1 Å². The second kappa shape index (κ2) is 5.40. The van der Waals surface area contributed by atoms with Crippen LogP contribution in [0.15, 0.2) is 24.3 Å². The third kappa shape index (κ3) is 2.64. The van der Waals surface area contributed by atoms with Gasteiger partial charge in [-0.1, -0.05) is 18.2 Å². The molecule has 1 aromatic carbocycles. The fraction of sp³-hybridized carbons (Fsp3) is 0.500. The van der Waals surface area contributed by atoms with Crippen LogP contribution in [0.4, 0.5) is 0 Å². The molecule has 0 aliphatic carbocycles. The maximum absolute atomic E-state index is 11.0. The Morgan fingerprint density at radius 3 is 3.00 bits per heavy atom. The fourth-order valence-electron chi connectivity index (χ4n) is 2.30. The molecule has 0 bridgehead atoms. The molecular weight excluding hydrogens is 230 g/mol. The minimum Gasteiger partial charge on any atom is -0.493 e. The summed E-state index contributed by atoms with van der Waals surface area (Å²) >= 11 is 0. The Hall–Kier alpha value is -1.55. The highest BCUT2D eigenvalue weighted by Gasteiger charge is 2.25. The van der Waals surface area contributed by atoms with Crippen molar-refractivity contribution in [2.45, 2.75) is 25.3 Å². The van der Waals surface area contributed by atoms with Gasteiger partial charge in [0.2, 0.25) is 0 Å². The van der Waals surface area contributed by atoms with Crippen LogP contribution in [0, 0.1) is 0 Å². The first-order valence-corrected chi connectivity index (χ1v) is 6.24. The molecule has 18 heavy (non-hydrogen) atoms. The average molecular weight is 249 g/mol. The van der Waals surface area contributed by atoms with E-state index in [9.17, 15) is 4.79 Å². The first kappa shape index (κ1) is 12.9. The predicted molar refractivity (Wildman–Crippen MR) is 69.0 cm³/mol. The van der Waals surface area contributed by atoms with Gasteiger partial charge in [0.1, 0.15) is 11.8 Å². The van der Waals surface area contributed by atoms with Crippen LogP contribution >= 0.6 is 0 Å². The number of likely N-dealkylation sites (N-methyl/N-ethyl adjacent to an activating group) is 1. The number of fused-ring (bicyclic) bond motifs is 1. The summed E-state index contributed by atoms with van der Waals surface area (Å²) in [6, 6.07) is 7.55. The zero-order valence-corrected chi connectivity index (χ0v) is 10.8. The van der Waals surface area contributed by atoms with Gasteiger partial charge in [-0.05, 0) is 32.0 Å². The first-order chi connectivity index (χ1) is 8.59. The number of para-hydroxylation sites is 1. The predicted octanol–water partition coefficient (Wildman–Crippen LogP) is 1.96. The molecule has 0 amide bonds. The average Bonchev–Trinajstić information content (AvgIpc) is 2.38. The highest BCUT2D eigenvalue weighted by atomic mass is 16.5. The van der Waals surface area contributed by atoms with Gasteiger partial charge in [-0.3, -0.25) is 9.69 Å². The van der Waals surface area contributed by atoms with Gasteiger partial charge in [-0.25, -0.2) is 0 Å². The van der Waals surface area contributed by atoms with Crippen molar-refractivity contribution in [1.82, 2.24) is 4.90 Å². The molecule has 2 unspecified atom stereocenters. The molecule has 1 N–H and O–H groups in total. The second-order valence-corrected chi connectivity index (χ2v) is 4.83. The summed E-state index contributed by atoms with van der Waals surface area (Å²) in [5.74, 6) is 0.504. The van der Waals surface area contributed by atoms with Crippen molar-refractivity contribution >= 4 is 5.97 Å². The minimum absolute atomic E-state index is 0.349. The van der Waals surface area contributed by atoms with E-state index in [1.54, 1.807) is 6.92 Å². The van der Waals surface area contributed by atoms with Crippen LogP contribution < -0.4 is 4.74 Å². The van der Waals surface area contributed by atoms with Crippen molar-refractivity contribution < 1.29 is 14.6 Å². The minimum atomic E-state index is -0.780. The number of carboxylic acids is 1. The number of ether oxygens (including phenoxy) is 1. The van der Waals surface area contributed by atoms with Crippen LogP contribution in [0.1, 0.15) is 24.8 Å². The number of benzene rings is 1. The molecule has 1 heterocycles. The van der Waals surface area contributed by atoms with E-state index < -0.39 is 12.0 Å². The lowest BCUT2D eigenvalue weighted by molar-refractivity contribution is -0.142. The molecule has 1 aromatic rings. The van der Waals surface area contributed by atoms with E-state index in [-0.39, 0.29) is 0 Å². The molecule has 0 saturated heterocycles. The molecule has 4 heteroatoms. The molecule has 2 rings (SSSR count). The molecule has 1 aliphatic heterocycles. The first-order valence-electron chi connectivity index (χ1n) is 6.24. The smallest absolute Gasteiger partial charge is 0.320 e. The molecular formula is C14H19NO3. The standard InChI is InChI=1S/C14H19NO3/c1-10(14(16)17)15(2)9-11-7-8-18-13-6-4-3-5-12(11)13/h3-6,10-11H,7-9H2,1-2H3,(H,16,17). The number of aliphatic carboxylic acids is 1. The Labute approximate surface area is 107 Å². The van der Waals surface area contributed by atoms with Crippen LogP contribution in [0.3, 0.4) is 0 Å². The number of carbonyl (C=O) groups is 1. The Kier molecular flexibility index (Phi) is 3.87. The Morgan fingerprint density at radius 2 is 2.28 bits per heavy atom. The fourth-order valence-corrected chi connectivity index (χ4v) is 2.30. The topological polar surface area (TPSA) is 49.8 Å². The lowest BCUT2D eigenvalue weighted by Gasteiger charge is -2.31. The Bertz CT molecular complexity index is 433. The summed E-state index contributed by atoms with van der Waals surface area (Å²) in [5.41, 5.74) is 1.19. The zero-order chi connectivity index (χ0) is 13.1. The highest BCUT2D eigenvalue weighted by Crippen LogP contribution is 2.33. The molecule has 1 aliphatic rings. The maximum atomic E-state index is 11.0. The van der Waals surface area contributed by atoms with Crippen LogP contribution in [0.2, 0.25) is 0 Å². The normalized spacial score (nSPS) is 20.1. The zero-order valence-electron chi connectivity index (χ0n) is 10.8. The van der Waals surface area contributed by atoms with Crippen molar-refractivity contribution in [3.05, 3.63) is 29.8 Å². The summed E-state index contributed by atoms with van der Waals surface area (Å²) < 4.78 is 5.61. The van der Waals surface area contributed by atoms with Crippen LogP contribution in [0.25, 0.3) is 0 Å². The summed E-state index contributed by atoms with van der Waals surface area (Å²) in [6.07, 6.45) is 0.938. The summed E-state index contributed by atoms with van der Waals surface area (Å²) in [7, 11) is 1.86. The third-order valence-electron chi connectivity index (χ3n) is 3.61. The molecule has 0 fully saturated rings. The van der Waals surface area contributed by atoms with Crippen molar-refractivity contribution in [3.8, 4) is 5.75 Å². The number of rotatable bonds is 4. The van der Waals surface area contributed by atoms with E-state index in [2.05, 4.69) is 6.07 Å². The van der Waals surface area contributed by atoms with Crippen molar-refractivity contribution in [1.29, 1.82) is 0 Å². The third-order valence-corrected chi connectivity index (χ3v) is 3.61. The van der Waals surface area contributed by atoms with E-state index in [0.29, 0.717) is 12.5 Å². The highest BCUT2D eigenvalue weighted by molar-refractivity contribution is 5.72. The van der Waals surface area contributed by atoms with Gasteiger partial charge in [-0.15, -0.1) is 0 Å². The van der Waals surface area contributed by atoms with Gasteiger partial charge >= 0.3 is 5.97 Å². The summed E-state index contributed by atoms with van der Waals surface area (Å²) in [4.78, 5) is 12.8. The van der Waals surface area contributed by atoms with Crippen LogP contribution in [-0.4, -0.2) is 42.2 Å². The molecule has 0 spiro atoms. The summed E-state index contributed by atoms with van der Waals surface area (Å²) in [6.45, 7) is 3.17. The Morgan fingerprint density at radius 1 is 1.56 bits per heavy atom. The monoisotopic (exact) mass is 249 g/mol. The molecule has 98 valence electrons. The second-order valence-electron chi connectivity index (χ2n) is 4.83. The number of hydrogen-bond donors (Lipinski definition) is 1. The lowest BCUT2D eigenvalue weighted by Crippen LogP contribution is -2.39. The number of carboxylic acid groups (broad SMARTS) is 1. The van der Waals surface area contributed by atoms with Crippen LogP contribution in [0.5, 0.6) is 5.75 Å². The quantitative estimate of drug-likeness (QED) is 0.886. The molecule has 4 nitrogen and oxygen atoms in total. The molecule has 2 atom stereocenters. The van der Waals surface area contributed by atoms with Gasteiger partial charge in [0.25, 0.3) is 0 Å². The summed E-state index contributed by atoms with van der Waals surface area (Å²) in [5, 5.41) is 9.01.